The summed E-state index contributed by atoms with van der Waals surface area (Å²) in [6, 6.07) is 7.16. The lowest BCUT2D eigenvalue weighted by Crippen LogP contribution is -2.65. The van der Waals surface area contributed by atoms with Crippen molar-refractivity contribution in [1.82, 2.24) is 0 Å². The van der Waals surface area contributed by atoms with Crippen molar-refractivity contribution in [2.75, 3.05) is 6.61 Å². The Morgan fingerprint density at radius 1 is 0.654 bits per heavy atom. The molecule has 3 fully saturated rings. The van der Waals surface area contributed by atoms with Crippen LogP contribution in [0.5, 0.6) is 23.0 Å². The van der Waals surface area contributed by atoms with E-state index in [1.807, 2.05) is 0 Å². The maximum absolute atomic E-state index is 14.0. The minimum absolute atomic E-state index is 0.138. The van der Waals surface area contributed by atoms with Crippen molar-refractivity contribution < 1.29 is 89.0 Å². The van der Waals surface area contributed by atoms with Gasteiger partial charge in [-0.15, -0.1) is 0 Å². The number of aromatic hydroxyl groups is 3. The maximum atomic E-state index is 14.0. The Balaban J connectivity index is 1.38. The molecule has 286 valence electrons. The Kier molecular flexibility index (Phi) is 11.0. The van der Waals surface area contributed by atoms with Crippen molar-refractivity contribution >= 4 is 11.0 Å². The molecule has 0 radical (unpaired) electrons. The van der Waals surface area contributed by atoms with E-state index in [0.717, 1.165) is 12.1 Å². The summed E-state index contributed by atoms with van der Waals surface area (Å²) in [7, 11) is 0. The average Bonchev–Trinajstić information content (AvgIpc) is 3.10. The standard InChI is InChI=1S/C33H40O19/c1-10-19(37)23(41)26(44)31(47-10)46-9-17-21(39)25(43)30(52-32-27(45)24(42)20(38)11(2)48-32)33(50-17)51-29-22(40)18-15(36)7-14(35)8-16(18)49-28(29)12-3-5-13(34)6-4-12/h3-8,10-11,17,19-21,23-27,30-39,41-45H,9H2,1-2H3/t10-,11-,17+,19-,20-,21-,23+,24+,25-,26+,27+,30+,31+,32+,33-/m0/s1. The highest BCUT2D eigenvalue weighted by Crippen LogP contribution is 2.38. The molecule has 3 saturated heterocycles. The van der Waals surface area contributed by atoms with Gasteiger partial charge in [-0.1, -0.05) is 0 Å². The monoisotopic (exact) mass is 740 g/mol. The zero-order valence-corrected chi connectivity index (χ0v) is 27.5. The minimum atomic E-state index is -2.00. The van der Waals surface area contributed by atoms with E-state index in [-0.39, 0.29) is 22.7 Å². The van der Waals surface area contributed by atoms with Gasteiger partial charge >= 0.3 is 0 Å². The van der Waals surface area contributed by atoms with Crippen LogP contribution in [0.1, 0.15) is 13.8 Å². The lowest BCUT2D eigenvalue weighted by atomic mass is 9.97. The van der Waals surface area contributed by atoms with Crippen molar-refractivity contribution in [2.24, 2.45) is 0 Å². The summed E-state index contributed by atoms with van der Waals surface area (Å²) in [6.07, 6.45) is -24.7. The molecule has 3 aliphatic rings. The molecule has 19 heteroatoms. The lowest BCUT2D eigenvalue weighted by molar-refractivity contribution is -0.360. The molecular formula is C33H40O19. The van der Waals surface area contributed by atoms with Gasteiger partial charge in [-0.25, -0.2) is 0 Å². The number of aliphatic hydroxyl groups excluding tert-OH is 8. The fourth-order valence-corrected chi connectivity index (χ4v) is 6.20. The molecule has 0 bridgehead atoms. The zero-order valence-electron chi connectivity index (χ0n) is 27.5. The summed E-state index contributed by atoms with van der Waals surface area (Å²) in [5.74, 6) is -2.27. The lowest BCUT2D eigenvalue weighted by Gasteiger charge is -2.46. The topological polar surface area (TPSA) is 308 Å². The molecular weight excluding hydrogens is 700 g/mol. The molecule has 2 aromatic carbocycles. The van der Waals surface area contributed by atoms with Crippen molar-refractivity contribution in [3.05, 3.63) is 46.6 Å². The molecule has 11 N–H and O–H groups in total. The highest BCUT2D eigenvalue weighted by atomic mass is 16.8. The normalized spacial score (nSPS) is 38.3. The first-order valence-electron chi connectivity index (χ1n) is 16.2. The van der Waals surface area contributed by atoms with Crippen LogP contribution in [0.15, 0.2) is 45.6 Å². The zero-order chi connectivity index (χ0) is 37.8. The molecule has 15 atom stereocenters. The van der Waals surface area contributed by atoms with Crippen molar-refractivity contribution in [1.29, 1.82) is 0 Å². The van der Waals surface area contributed by atoms with E-state index < -0.39 is 127 Å². The summed E-state index contributed by atoms with van der Waals surface area (Å²) in [4.78, 5) is 14.0. The van der Waals surface area contributed by atoms with E-state index in [2.05, 4.69) is 0 Å². The highest BCUT2D eigenvalue weighted by molar-refractivity contribution is 5.88. The molecule has 4 heterocycles. The van der Waals surface area contributed by atoms with E-state index in [9.17, 15) is 61.0 Å². The van der Waals surface area contributed by atoms with Gasteiger partial charge in [0.2, 0.25) is 17.5 Å². The second-order valence-electron chi connectivity index (χ2n) is 12.9. The number of ether oxygens (including phenoxy) is 6. The Morgan fingerprint density at radius 2 is 1.25 bits per heavy atom. The van der Waals surface area contributed by atoms with Crippen LogP contribution >= 0.6 is 0 Å². The van der Waals surface area contributed by atoms with E-state index in [1.54, 1.807) is 0 Å². The van der Waals surface area contributed by atoms with Gasteiger partial charge < -0.3 is 89.0 Å². The number of phenolic OH excluding ortho intramolecular Hbond substituents is 3. The van der Waals surface area contributed by atoms with E-state index in [4.69, 9.17) is 32.8 Å². The number of hydrogen-bond acceptors (Lipinski definition) is 19. The quantitative estimate of drug-likeness (QED) is 0.113. The Bertz CT molecular complexity index is 1760. The van der Waals surface area contributed by atoms with Crippen molar-refractivity contribution in [3.8, 4) is 34.3 Å². The van der Waals surface area contributed by atoms with Gasteiger partial charge in [0.1, 0.15) is 83.2 Å². The fourth-order valence-electron chi connectivity index (χ4n) is 6.20. The van der Waals surface area contributed by atoms with Crippen LogP contribution in [0.2, 0.25) is 0 Å². The number of phenols is 3. The number of rotatable bonds is 8. The van der Waals surface area contributed by atoms with Gasteiger partial charge in [-0.05, 0) is 38.1 Å². The second kappa shape index (κ2) is 15.0. The first kappa shape index (κ1) is 38.1. The average molecular weight is 741 g/mol. The molecule has 0 spiro atoms. The van der Waals surface area contributed by atoms with Crippen LogP contribution in [0.25, 0.3) is 22.3 Å². The van der Waals surface area contributed by atoms with Crippen LogP contribution in [-0.4, -0.2) is 155 Å². The molecule has 0 unspecified atom stereocenters. The van der Waals surface area contributed by atoms with Crippen LogP contribution < -0.4 is 10.2 Å². The predicted molar refractivity (Wildman–Crippen MR) is 170 cm³/mol. The second-order valence-corrected chi connectivity index (χ2v) is 12.9. The van der Waals surface area contributed by atoms with Gasteiger partial charge in [0, 0.05) is 17.7 Å². The minimum Gasteiger partial charge on any atom is -0.508 e. The summed E-state index contributed by atoms with van der Waals surface area (Å²) in [5, 5.41) is 115. The smallest absolute Gasteiger partial charge is 0.239 e. The fraction of sp³-hybridized carbons (Fsp3) is 0.545. The van der Waals surface area contributed by atoms with E-state index in [1.165, 1.54) is 38.1 Å². The molecule has 0 aliphatic carbocycles. The highest BCUT2D eigenvalue weighted by Gasteiger charge is 2.52. The molecule has 52 heavy (non-hydrogen) atoms. The van der Waals surface area contributed by atoms with Crippen LogP contribution in [0.3, 0.4) is 0 Å². The first-order chi connectivity index (χ1) is 24.6. The summed E-state index contributed by atoms with van der Waals surface area (Å²) >= 11 is 0. The number of benzene rings is 2. The van der Waals surface area contributed by atoms with Crippen LogP contribution in [0.4, 0.5) is 0 Å². The Labute approximate surface area is 293 Å². The Morgan fingerprint density at radius 3 is 1.88 bits per heavy atom. The van der Waals surface area contributed by atoms with Gasteiger partial charge in [0.15, 0.2) is 24.4 Å². The van der Waals surface area contributed by atoms with Crippen molar-refractivity contribution in [3.63, 3.8) is 0 Å². The molecule has 1 aromatic heterocycles. The Hall–Kier alpha value is -3.67. The molecule has 0 amide bonds. The van der Waals surface area contributed by atoms with E-state index >= 15 is 0 Å². The van der Waals surface area contributed by atoms with Gasteiger partial charge in [-0.3, -0.25) is 4.79 Å². The molecule has 3 aliphatic heterocycles. The third kappa shape index (κ3) is 7.16. The molecule has 0 saturated carbocycles. The number of hydrogen-bond donors (Lipinski definition) is 11. The summed E-state index contributed by atoms with van der Waals surface area (Å²) < 4.78 is 40.3. The van der Waals surface area contributed by atoms with E-state index in [0.29, 0.717) is 0 Å². The van der Waals surface area contributed by atoms with Gasteiger partial charge in [0.25, 0.3) is 0 Å². The number of aliphatic hydroxyl groups is 8. The third-order valence-electron chi connectivity index (χ3n) is 9.26. The summed E-state index contributed by atoms with van der Waals surface area (Å²) in [6.45, 7) is 2.12. The maximum Gasteiger partial charge on any atom is 0.239 e. The first-order valence-corrected chi connectivity index (χ1v) is 16.2. The van der Waals surface area contributed by atoms with Gasteiger partial charge in [-0.2, -0.15) is 0 Å². The molecule has 19 nitrogen and oxygen atoms in total. The SMILES string of the molecule is C[C@@H]1O[C@@H](OC[C@H]2O[C@@H](Oc3c(-c4ccc(O)cc4)oc4cc(O)cc(O)c4c3=O)[C@H](O[C@H]3O[C@@H](C)[C@H](O)[C@@H](O)[C@H]3O)[C@@H](O)[C@H]2O)[C@H](O)[C@H](O)[C@H]1O. The molecule has 3 aromatic rings. The number of fused-ring (bicyclic) bond motifs is 1. The van der Waals surface area contributed by atoms with Gasteiger partial charge in [0.05, 0.1) is 18.8 Å². The van der Waals surface area contributed by atoms with Crippen molar-refractivity contribution in [2.45, 2.75) is 106 Å². The predicted octanol–water partition coefficient (Wildman–Crippen LogP) is -2.54. The van der Waals surface area contributed by atoms with Crippen LogP contribution in [0, 0.1) is 0 Å². The largest absolute Gasteiger partial charge is 0.508 e. The third-order valence-corrected chi connectivity index (χ3v) is 9.26. The summed E-state index contributed by atoms with van der Waals surface area (Å²) in [5.41, 5.74) is -1.15. The molecule has 6 rings (SSSR count). The van der Waals surface area contributed by atoms with Crippen LogP contribution in [-0.2, 0) is 23.7 Å².